The molecule has 8 nitrogen and oxygen atoms in total. The number of carboxylic acids is 1. The number of nitrogens with one attached hydrogen (secondary N) is 1. The van der Waals surface area contributed by atoms with Gasteiger partial charge in [-0.25, -0.2) is 4.79 Å². The molecule has 0 spiro atoms. The van der Waals surface area contributed by atoms with Gasteiger partial charge >= 0.3 is 12.0 Å². The molecule has 1 aliphatic heterocycles. The summed E-state index contributed by atoms with van der Waals surface area (Å²) in [5.41, 5.74) is -0.959. The highest BCUT2D eigenvalue weighted by Crippen LogP contribution is 2.24. The first kappa shape index (κ1) is 17.9. The van der Waals surface area contributed by atoms with Gasteiger partial charge in [0.15, 0.2) is 0 Å². The summed E-state index contributed by atoms with van der Waals surface area (Å²) >= 11 is 0. The molecule has 0 aromatic heterocycles. The fraction of sp³-hybridized carbons (Fsp3) is 0.714. The number of carbonyl (C=O) groups excluding carboxylic acids is 3. The highest BCUT2D eigenvalue weighted by molar-refractivity contribution is 6.09. The molecule has 1 rings (SSSR count). The lowest BCUT2D eigenvalue weighted by Gasteiger charge is -2.24. The Bertz CT molecular complexity index is 473. The molecular formula is C14H23N3O5. The molecule has 8 heteroatoms. The van der Waals surface area contributed by atoms with E-state index in [0.717, 1.165) is 9.80 Å². The maximum atomic E-state index is 12.4. The Kier molecular flexibility index (Phi) is 5.90. The maximum Gasteiger partial charge on any atom is 0.325 e. The van der Waals surface area contributed by atoms with Gasteiger partial charge in [0.05, 0.1) is 0 Å². The van der Waals surface area contributed by atoms with Crippen molar-refractivity contribution in [1.82, 2.24) is 15.1 Å². The van der Waals surface area contributed by atoms with Crippen LogP contribution in [-0.2, 0) is 14.4 Å². The maximum absolute atomic E-state index is 12.4. The third-order valence-corrected chi connectivity index (χ3v) is 3.92. The van der Waals surface area contributed by atoms with Crippen molar-refractivity contribution in [2.75, 3.05) is 19.6 Å². The number of rotatable bonds is 8. The number of imide groups is 1. The minimum atomic E-state index is -1.13. The van der Waals surface area contributed by atoms with Crippen LogP contribution in [0.4, 0.5) is 4.79 Å². The zero-order valence-electron chi connectivity index (χ0n) is 13.2. The normalized spacial score (nSPS) is 16.6. The number of urea groups is 1. The Balaban J connectivity index is 2.84. The molecule has 22 heavy (non-hydrogen) atoms. The molecule has 124 valence electrons. The molecule has 0 unspecified atom stereocenters. The quantitative estimate of drug-likeness (QED) is 0.632. The largest absolute Gasteiger partial charge is 0.480 e. The minimum Gasteiger partial charge on any atom is -0.480 e. The zero-order chi connectivity index (χ0) is 16.9. The van der Waals surface area contributed by atoms with E-state index in [1.807, 2.05) is 6.92 Å². The molecule has 0 radical (unpaired) electrons. The number of amides is 4. The summed E-state index contributed by atoms with van der Waals surface area (Å²) in [4.78, 5) is 49.4. The molecule has 0 atom stereocenters. The summed E-state index contributed by atoms with van der Waals surface area (Å²) in [5.74, 6) is -2.10. The minimum absolute atomic E-state index is 0.265. The van der Waals surface area contributed by atoms with Gasteiger partial charge in [-0.1, -0.05) is 20.8 Å². The van der Waals surface area contributed by atoms with Crippen molar-refractivity contribution >= 4 is 23.8 Å². The third-order valence-electron chi connectivity index (χ3n) is 3.92. The van der Waals surface area contributed by atoms with E-state index < -0.39 is 42.4 Å². The van der Waals surface area contributed by atoms with Crippen LogP contribution in [0.5, 0.6) is 0 Å². The summed E-state index contributed by atoms with van der Waals surface area (Å²) in [7, 11) is 0. The van der Waals surface area contributed by atoms with Crippen LogP contribution < -0.4 is 5.32 Å². The van der Waals surface area contributed by atoms with Gasteiger partial charge in [-0.15, -0.1) is 0 Å². The van der Waals surface area contributed by atoms with Crippen LogP contribution in [0.1, 0.15) is 40.0 Å². The predicted molar refractivity (Wildman–Crippen MR) is 78.1 cm³/mol. The SMILES string of the molecule is CCCN(CC(=O)O)C(=O)CN1C(=O)NC(CC)(CC)C1=O. The Labute approximate surface area is 129 Å². The van der Waals surface area contributed by atoms with Crippen molar-refractivity contribution in [3.8, 4) is 0 Å². The molecule has 4 amide bonds. The Morgan fingerprint density at radius 2 is 1.82 bits per heavy atom. The van der Waals surface area contributed by atoms with Gasteiger partial charge in [-0.2, -0.15) is 0 Å². The van der Waals surface area contributed by atoms with E-state index in [1.54, 1.807) is 13.8 Å². The van der Waals surface area contributed by atoms with Crippen molar-refractivity contribution in [2.24, 2.45) is 0 Å². The smallest absolute Gasteiger partial charge is 0.325 e. The van der Waals surface area contributed by atoms with Crippen LogP contribution in [0.2, 0.25) is 0 Å². The average molecular weight is 313 g/mol. The van der Waals surface area contributed by atoms with Crippen molar-refractivity contribution < 1.29 is 24.3 Å². The van der Waals surface area contributed by atoms with Crippen LogP contribution in [0.15, 0.2) is 0 Å². The molecule has 1 heterocycles. The van der Waals surface area contributed by atoms with Crippen LogP contribution in [0.3, 0.4) is 0 Å². The number of aliphatic carboxylic acids is 1. The molecule has 2 N–H and O–H groups in total. The second-order valence-corrected chi connectivity index (χ2v) is 5.32. The molecule has 1 saturated heterocycles. The Morgan fingerprint density at radius 3 is 2.23 bits per heavy atom. The molecule has 1 aliphatic rings. The molecule has 0 aromatic rings. The lowest BCUT2D eigenvalue weighted by molar-refractivity contribution is -0.145. The summed E-state index contributed by atoms with van der Waals surface area (Å²) in [6.07, 6.45) is 1.46. The van der Waals surface area contributed by atoms with Crippen molar-refractivity contribution in [1.29, 1.82) is 0 Å². The average Bonchev–Trinajstić information content (AvgIpc) is 2.71. The van der Waals surface area contributed by atoms with Crippen molar-refractivity contribution in [3.05, 3.63) is 0 Å². The zero-order valence-corrected chi connectivity index (χ0v) is 13.2. The summed E-state index contributed by atoms with van der Waals surface area (Å²) < 4.78 is 0. The van der Waals surface area contributed by atoms with Gasteiger partial charge in [0, 0.05) is 6.54 Å². The van der Waals surface area contributed by atoms with Crippen LogP contribution >= 0.6 is 0 Å². The van der Waals surface area contributed by atoms with Gasteiger partial charge in [-0.3, -0.25) is 19.3 Å². The molecule has 0 saturated carbocycles. The highest BCUT2D eigenvalue weighted by Gasteiger charge is 2.49. The van der Waals surface area contributed by atoms with Crippen molar-refractivity contribution in [2.45, 2.75) is 45.6 Å². The van der Waals surface area contributed by atoms with E-state index in [-0.39, 0.29) is 6.54 Å². The van der Waals surface area contributed by atoms with E-state index >= 15 is 0 Å². The summed E-state index contributed by atoms with van der Waals surface area (Å²) in [5, 5.41) is 11.5. The fourth-order valence-corrected chi connectivity index (χ4v) is 2.51. The van der Waals surface area contributed by atoms with Gasteiger partial charge in [0.1, 0.15) is 18.6 Å². The van der Waals surface area contributed by atoms with Gasteiger partial charge in [-0.05, 0) is 19.3 Å². The summed E-state index contributed by atoms with van der Waals surface area (Å²) in [6, 6.07) is -0.603. The van der Waals surface area contributed by atoms with Crippen LogP contribution in [0, 0.1) is 0 Å². The standard InChI is InChI=1S/C14H23N3O5/c1-4-7-16(9-11(19)20)10(18)8-17-12(21)14(5-2,6-3)15-13(17)22/h4-9H2,1-3H3,(H,15,22)(H,19,20). The first-order chi connectivity index (χ1) is 10.3. The lowest BCUT2D eigenvalue weighted by atomic mass is 9.93. The predicted octanol–water partition coefficient (Wildman–Crippen LogP) is 0.420. The fourth-order valence-electron chi connectivity index (χ4n) is 2.51. The first-order valence-corrected chi connectivity index (χ1v) is 7.45. The molecule has 0 aromatic carbocycles. The molecule has 1 fully saturated rings. The topological polar surface area (TPSA) is 107 Å². The second-order valence-electron chi connectivity index (χ2n) is 5.32. The molecule has 0 bridgehead atoms. The number of carboxylic acid groups (broad SMARTS) is 1. The van der Waals surface area contributed by atoms with Gasteiger partial charge < -0.3 is 15.3 Å². The van der Waals surface area contributed by atoms with Gasteiger partial charge in [0.25, 0.3) is 5.91 Å². The Hall–Kier alpha value is -2.12. The first-order valence-electron chi connectivity index (χ1n) is 7.45. The Morgan fingerprint density at radius 1 is 1.23 bits per heavy atom. The number of hydrogen-bond donors (Lipinski definition) is 2. The lowest BCUT2D eigenvalue weighted by Crippen LogP contribution is -2.47. The van der Waals surface area contributed by atoms with E-state index in [0.29, 0.717) is 19.3 Å². The highest BCUT2D eigenvalue weighted by atomic mass is 16.4. The number of nitrogens with zero attached hydrogens (tertiary/aromatic N) is 2. The van der Waals surface area contributed by atoms with Gasteiger partial charge in [0.2, 0.25) is 5.91 Å². The third kappa shape index (κ3) is 3.55. The second kappa shape index (κ2) is 7.24. The monoisotopic (exact) mass is 313 g/mol. The summed E-state index contributed by atoms with van der Waals surface area (Å²) in [6.45, 7) is 4.79. The molecular weight excluding hydrogens is 290 g/mol. The van der Waals surface area contributed by atoms with Crippen LogP contribution in [-0.4, -0.2) is 63.9 Å². The van der Waals surface area contributed by atoms with E-state index in [9.17, 15) is 19.2 Å². The number of hydrogen-bond acceptors (Lipinski definition) is 4. The van der Waals surface area contributed by atoms with Crippen molar-refractivity contribution in [3.63, 3.8) is 0 Å². The van der Waals surface area contributed by atoms with E-state index in [1.165, 1.54) is 0 Å². The molecule has 0 aliphatic carbocycles. The van der Waals surface area contributed by atoms with E-state index in [2.05, 4.69) is 5.32 Å². The number of carbonyl (C=O) groups is 4. The van der Waals surface area contributed by atoms with Crippen LogP contribution in [0.25, 0.3) is 0 Å². The van der Waals surface area contributed by atoms with E-state index in [4.69, 9.17) is 5.11 Å².